The first-order chi connectivity index (χ1) is 8.63. The first-order valence-electron chi connectivity index (χ1n) is 6.14. The summed E-state index contributed by atoms with van der Waals surface area (Å²) in [5.41, 5.74) is 2.71. The average Bonchev–Trinajstić information content (AvgIpc) is 2.85. The molecule has 1 amide bonds. The van der Waals surface area contributed by atoms with Crippen molar-refractivity contribution in [3.05, 3.63) is 22.7 Å². The van der Waals surface area contributed by atoms with Crippen molar-refractivity contribution in [1.82, 2.24) is 0 Å². The lowest BCUT2D eigenvalue weighted by Gasteiger charge is -2.19. The van der Waals surface area contributed by atoms with E-state index >= 15 is 0 Å². The molecule has 0 aromatic heterocycles. The number of carbonyl (C=O) groups excluding carboxylic acids is 1. The predicted molar refractivity (Wildman–Crippen MR) is 71.2 cm³/mol. The van der Waals surface area contributed by atoms with Crippen LogP contribution in [-0.2, 0) is 16.0 Å². The van der Waals surface area contributed by atoms with Gasteiger partial charge in [-0.2, -0.15) is 0 Å². The van der Waals surface area contributed by atoms with Gasteiger partial charge >= 0.3 is 0 Å². The molecule has 2 atom stereocenters. The molecule has 5 heteroatoms. The minimum absolute atomic E-state index is 0.0239. The van der Waals surface area contributed by atoms with E-state index in [0.29, 0.717) is 11.4 Å². The third-order valence-electron chi connectivity index (χ3n) is 3.54. The van der Waals surface area contributed by atoms with Gasteiger partial charge in [-0.15, -0.1) is 0 Å². The van der Waals surface area contributed by atoms with Crippen LogP contribution in [0.3, 0.4) is 0 Å². The van der Waals surface area contributed by atoms with E-state index in [-0.39, 0.29) is 18.1 Å². The maximum Gasteiger partial charge on any atom is 0.228 e. The highest BCUT2D eigenvalue weighted by atomic mass is 35.5. The van der Waals surface area contributed by atoms with Crippen LogP contribution in [0.15, 0.2) is 12.1 Å². The van der Waals surface area contributed by atoms with Gasteiger partial charge in [-0.1, -0.05) is 11.6 Å². The summed E-state index contributed by atoms with van der Waals surface area (Å²) in [5.74, 6) is 0.0239. The predicted octanol–water partition coefficient (Wildman–Crippen LogP) is 2.42. The Bertz CT molecular complexity index is 504. The van der Waals surface area contributed by atoms with E-state index in [1.807, 2.05) is 12.1 Å². The van der Waals surface area contributed by atoms with Crippen LogP contribution in [0.25, 0.3) is 0 Å². The minimum Gasteiger partial charge on any atom is -0.378 e. The Labute approximate surface area is 111 Å². The fourth-order valence-electron chi connectivity index (χ4n) is 2.48. The van der Waals surface area contributed by atoms with Gasteiger partial charge in [-0.25, -0.2) is 0 Å². The number of carbonyl (C=O) groups is 1. The second-order valence-electron chi connectivity index (χ2n) is 4.83. The first-order valence-corrected chi connectivity index (χ1v) is 6.51. The van der Waals surface area contributed by atoms with Crippen LogP contribution < -0.4 is 10.6 Å². The largest absolute Gasteiger partial charge is 0.378 e. The van der Waals surface area contributed by atoms with Gasteiger partial charge < -0.3 is 15.4 Å². The average molecular weight is 267 g/mol. The van der Waals surface area contributed by atoms with Gasteiger partial charge in [0.15, 0.2) is 0 Å². The molecule has 0 spiro atoms. The summed E-state index contributed by atoms with van der Waals surface area (Å²) in [6, 6.07) is 4.05. The minimum atomic E-state index is 0.0239. The SMILES string of the molecule is CC1OCCC1Nc1cc2c(cc1Cl)NC(=O)C2. The zero-order valence-electron chi connectivity index (χ0n) is 10.1. The zero-order valence-corrected chi connectivity index (χ0v) is 10.9. The number of hydrogen-bond acceptors (Lipinski definition) is 3. The van der Waals surface area contributed by atoms with Crippen LogP contribution in [0.5, 0.6) is 0 Å². The lowest BCUT2D eigenvalue weighted by molar-refractivity contribution is -0.115. The summed E-state index contributed by atoms with van der Waals surface area (Å²) in [5, 5.41) is 6.83. The smallest absolute Gasteiger partial charge is 0.228 e. The Morgan fingerprint density at radius 2 is 2.33 bits per heavy atom. The molecule has 3 rings (SSSR count). The molecule has 0 radical (unpaired) electrons. The molecular weight excluding hydrogens is 252 g/mol. The fourth-order valence-corrected chi connectivity index (χ4v) is 2.70. The number of benzene rings is 1. The maximum atomic E-state index is 11.3. The van der Waals surface area contributed by atoms with E-state index in [0.717, 1.165) is 30.0 Å². The Balaban J connectivity index is 1.84. The van der Waals surface area contributed by atoms with Crippen LogP contribution in [0.2, 0.25) is 5.02 Å². The number of anilines is 2. The summed E-state index contributed by atoms with van der Waals surface area (Å²) >= 11 is 6.23. The van der Waals surface area contributed by atoms with Crippen molar-refractivity contribution >= 4 is 28.9 Å². The highest BCUT2D eigenvalue weighted by Crippen LogP contribution is 2.34. The Morgan fingerprint density at radius 3 is 3.06 bits per heavy atom. The van der Waals surface area contributed by atoms with Gasteiger partial charge in [0.05, 0.1) is 29.3 Å². The normalized spacial score (nSPS) is 26.0. The van der Waals surface area contributed by atoms with Gasteiger partial charge in [0.2, 0.25) is 5.91 Å². The molecule has 0 aliphatic carbocycles. The summed E-state index contributed by atoms with van der Waals surface area (Å²) in [4.78, 5) is 11.3. The van der Waals surface area contributed by atoms with Crippen LogP contribution >= 0.6 is 11.6 Å². The third kappa shape index (κ3) is 2.06. The number of fused-ring (bicyclic) bond motifs is 1. The molecule has 2 aliphatic rings. The van der Waals surface area contributed by atoms with Crippen LogP contribution in [0.1, 0.15) is 18.9 Å². The van der Waals surface area contributed by atoms with Crippen LogP contribution in [-0.4, -0.2) is 24.7 Å². The summed E-state index contributed by atoms with van der Waals surface area (Å²) in [6.07, 6.45) is 1.60. The Hall–Kier alpha value is -1.26. The van der Waals surface area contributed by atoms with Crippen molar-refractivity contribution in [3.8, 4) is 0 Å². The van der Waals surface area contributed by atoms with Gasteiger partial charge in [0.25, 0.3) is 0 Å². The Morgan fingerprint density at radius 1 is 1.50 bits per heavy atom. The fraction of sp³-hybridized carbons (Fsp3) is 0.462. The summed E-state index contributed by atoms with van der Waals surface area (Å²) in [7, 11) is 0. The van der Waals surface area contributed by atoms with E-state index in [2.05, 4.69) is 17.6 Å². The highest BCUT2D eigenvalue weighted by molar-refractivity contribution is 6.33. The maximum absolute atomic E-state index is 11.3. The zero-order chi connectivity index (χ0) is 12.7. The quantitative estimate of drug-likeness (QED) is 0.864. The molecule has 0 saturated carbocycles. The standard InChI is InChI=1S/C13H15ClN2O2/c1-7-10(2-3-18-7)15-12-4-8-5-13(17)16-11(8)6-9(12)14/h4,6-7,10,15H,2-3,5H2,1H3,(H,16,17). The van der Waals surface area contributed by atoms with Crippen molar-refractivity contribution < 1.29 is 9.53 Å². The Kier molecular flexibility index (Phi) is 2.92. The van der Waals surface area contributed by atoms with Crippen molar-refractivity contribution in [1.29, 1.82) is 0 Å². The lowest BCUT2D eigenvalue weighted by atomic mass is 10.1. The summed E-state index contributed by atoms with van der Waals surface area (Å²) < 4.78 is 5.52. The summed E-state index contributed by atoms with van der Waals surface area (Å²) in [6.45, 7) is 2.83. The molecule has 4 nitrogen and oxygen atoms in total. The van der Waals surface area contributed by atoms with Gasteiger partial charge in [0, 0.05) is 12.3 Å². The molecule has 0 bridgehead atoms. The molecule has 2 unspecified atom stereocenters. The molecule has 1 aromatic carbocycles. The number of ether oxygens (including phenoxy) is 1. The molecule has 1 fully saturated rings. The molecule has 2 heterocycles. The van der Waals surface area contributed by atoms with Gasteiger partial charge in [0.1, 0.15) is 0 Å². The first kappa shape index (κ1) is 11.8. The van der Waals surface area contributed by atoms with E-state index in [9.17, 15) is 4.79 Å². The monoisotopic (exact) mass is 266 g/mol. The van der Waals surface area contributed by atoms with Gasteiger partial charge in [-0.3, -0.25) is 4.79 Å². The second-order valence-corrected chi connectivity index (χ2v) is 5.24. The van der Waals surface area contributed by atoms with E-state index in [4.69, 9.17) is 16.3 Å². The van der Waals surface area contributed by atoms with Gasteiger partial charge in [-0.05, 0) is 31.0 Å². The number of halogens is 1. The van der Waals surface area contributed by atoms with Crippen molar-refractivity contribution in [2.75, 3.05) is 17.2 Å². The van der Waals surface area contributed by atoms with E-state index < -0.39 is 0 Å². The molecule has 2 aliphatic heterocycles. The number of amides is 1. The van der Waals surface area contributed by atoms with E-state index in [1.54, 1.807) is 0 Å². The molecule has 2 N–H and O–H groups in total. The second kappa shape index (κ2) is 4.44. The van der Waals surface area contributed by atoms with E-state index in [1.165, 1.54) is 0 Å². The van der Waals surface area contributed by atoms with Crippen molar-refractivity contribution in [3.63, 3.8) is 0 Å². The van der Waals surface area contributed by atoms with Crippen molar-refractivity contribution in [2.45, 2.75) is 31.9 Å². The molecule has 1 saturated heterocycles. The number of hydrogen-bond donors (Lipinski definition) is 2. The van der Waals surface area contributed by atoms with Crippen LogP contribution in [0, 0.1) is 0 Å². The number of rotatable bonds is 2. The lowest BCUT2D eigenvalue weighted by Crippen LogP contribution is -2.26. The molecular formula is C13H15ClN2O2. The molecule has 18 heavy (non-hydrogen) atoms. The molecule has 1 aromatic rings. The number of nitrogens with one attached hydrogen (secondary N) is 2. The highest BCUT2D eigenvalue weighted by Gasteiger charge is 2.26. The topological polar surface area (TPSA) is 50.4 Å². The van der Waals surface area contributed by atoms with Crippen molar-refractivity contribution in [2.24, 2.45) is 0 Å². The van der Waals surface area contributed by atoms with Crippen LogP contribution in [0.4, 0.5) is 11.4 Å². The molecule has 96 valence electrons. The third-order valence-corrected chi connectivity index (χ3v) is 3.85.